The molecule has 2 heterocycles. The molecular weight excluding hydrogens is 452 g/mol. The van der Waals surface area contributed by atoms with Crippen molar-refractivity contribution in [2.45, 2.75) is 26.8 Å². The number of nitrogens with zero attached hydrogens (tertiary/aromatic N) is 2. The third kappa shape index (κ3) is 5.09. The summed E-state index contributed by atoms with van der Waals surface area (Å²) in [5.41, 5.74) is 5.49. The third-order valence-corrected chi connectivity index (χ3v) is 5.77. The van der Waals surface area contributed by atoms with Gasteiger partial charge < -0.3 is 9.32 Å². The number of carbonyl (C=O) groups excluding carboxylic acids is 3. The Balaban J connectivity index is 1.53. The topological polar surface area (TPSA) is 94.9 Å². The number of para-hydroxylation sites is 1. The summed E-state index contributed by atoms with van der Waals surface area (Å²) in [6, 6.07) is 10.7. The number of furan rings is 1. The molecule has 160 valence electrons. The molecule has 0 bridgehead atoms. The van der Waals surface area contributed by atoms with Gasteiger partial charge in [-0.05, 0) is 53.3 Å². The fourth-order valence-corrected chi connectivity index (χ4v) is 3.82. The van der Waals surface area contributed by atoms with Gasteiger partial charge in [-0.25, -0.2) is 0 Å². The Morgan fingerprint density at radius 2 is 1.90 bits per heavy atom. The van der Waals surface area contributed by atoms with Crippen LogP contribution in [0.4, 0.5) is 5.69 Å². The van der Waals surface area contributed by atoms with Crippen molar-refractivity contribution in [3.8, 4) is 0 Å². The van der Waals surface area contributed by atoms with Gasteiger partial charge in [-0.1, -0.05) is 26.0 Å². The lowest BCUT2D eigenvalue weighted by molar-refractivity contribution is -0.126. The summed E-state index contributed by atoms with van der Waals surface area (Å²) >= 11 is 3.43. The van der Waals surface area contributed by atoms with E-state index in [9.17, 15) is 14.4 Å². The van der Waals surface area contributed by atoms with Crippen LogP contribution in [-0.4, -0.2) is 42.3 Å². The summed E-state index contributed by atoms with van der Waals surface area (Å²) < 4.78 is 6.35. The predicted molar refractivity (Wildman–Crippen MR) is 116 cm³/mol. The Labute approximate surface area is 183 Å². The first-order valence-electron chi connectivity index (χ1n) is 9.89. The minimum Gasteiger partial charge on any atom is -0.454 e. The van der Waals surface area contributed by atoms with Gasteiger partial charge in [0.05, 0.1) is 18.2 Å². The summed E-state index contributed by atoms with van der Waals surface area (Å²) in [5.74, 6) is -0.849. The minimum absolute atomic E-state index is 0.0812. The Morgan fingerprint density at radius 3 is 2.60 bits per heavy atom. The van der Waals surface area contributed by atoms with Crippen LogP contribution in [0.1, 0.15) is 36.6 Å². The van der Waals surface area contributed by atoms with Crippen LogP contribution in [0.5, 0.6) is 0 Å². The number of benzene rings is 1. The van der Waals surface area contributed by atoms with Crippen molar-refractivity contribution in [3.63, 3.8) is 0 Å². The van der Waals surface area contributed by atoms with E-state index in [0.717, 1.165) is 23.2 Å². The molecule has 0 radical (unpaired) electrons. The van der Waals surface area contributed by atoms with Crippen LogP contribution in [0.3, 0.4) is 0 Å². The van der Waals surface area contributed by atoms with E-state index in [2.05, 4.69) is 45.5 Å². The number of anilines is 1. The maximum absolute atomic E-state index is 12.5. The molecule has 9 heteroatoms. The van der Waals surface area contributed by atoms with Gasteiger partial charge in [0.15, 0.2) is 5.76 Å². The van der Waals surface area contributed by atoms with Crippen LogP contribution in [0.15, 0.2) is 45.3 Å². The van der Waals surface area contributed by atoms with Gasteiger partial charge in [-0.15, -0.1) is 0 Å². The first-order valence-corrected chi connectivity index (χ1v) is 10.7. The van der Waals surface area contributed by atoms with Gasteiger partial charge >= 0.3 is 5.91 Å². The quantitative estimate of drug-likeness (QED) is 0.599. The van der Waals surface area contributed by atoms with Crippen molar-refractivity contribution in [3.05, 3.63) is 52.4 Å². The molecule has 0 spiro atoms. The molecule has 8 nitrogen and oxygen atoms in total. The average molecular weight is 477 g/mol. The zero-order valence-electron chi connectivity index (χ0n) is 17.0. The predicted octanol–water partition coefficient (Wildman–Crippen LogP) is 2.70. The molecule has 2 aromatic rings. The summed E-state index contributed by atoms with van der Waals surface area (Å²) in [7, 11) is 0. The fourth-order valence-electron chi connectivity index (χ4n) is 3.32. The van der Waals surface area contributed by atoms with Crippen molar-refractivity contribution in [1.29, 1.82) is 0 Å². The molecule has 1 saturated heterocycles. The Morgan fingerprint density at radius 1 is 1.17 bits per heavy atom. The normalized spacial score (nSPS) is 16.2. The summed E-state index contributed by atoms with van der Waals surface area (Å²) in [6.45, 7) is 6.73. The second-order valence-electron chi connectivity index (χ2n) is 7.03. The van der Waals surface area contributed by atoms with E-state index in [1.54, 1.807) is 17.0 Å². The molecule has 1 unspecified atom stereocenters. The number of carbonyl (C=O) groups is 3. The largest absolute Gasteiger partial charge is 0.454 e. The highest BCUT2D eigenvalue weighted by atomic mass is 79.9. The van der Waals surface area contributed by atoms with Crippen molar-refractivity contribution < 1.29 is 18.8 Å². The maximum atomic E-state index is 12.5. The molecule has 30 heavy (non-hydrogen) atoms. The lowest BCUT2D eigenvalue weighted by Gasteiger charge is -2.18. The lowest BCUT2D eigenvalue weighted by Crippen LogP contribution is -2.45. The van der Waals surface area contributed by atoms with E-state index in [0.29, 0.717) is 12.3 Å². The van der Waals surface area contributed by atoms with E-state index in [4.69, 9.17) is 4.42 Å². The van der Waals surface area contributed by atoms with Crippen LogP contribution >= 0.6 is 15.9 Å². The van der Waals surface area contributed by atoms with Gasteiger partial charge in [-0.2, -0.15) is 0 Å². The number of hydrazine groups is 1. The maximum Gasteiger partial charge on any atom is 0.305 e. The summed E-state index contributed by atoms with van der Waals surface area (Å²) in [6.07, 6.45) is 0.0812. The molecular formula is C21H25BrN4O4. The molecule has 1 aliphatic heterocycles. The van der Waals surface area contributed by atoms with Gasteiger partial charge in [0.1, 0.15) is 5.76 Å². The number of hydrogen-bond donors (Lipinski definition) is 2. The standard InChI is InChI=1S/C21H25BrN4O4/c1-3-25(4-2)13-15-9-10-18(30-15)21(29)24-23-20(28)14-11-19(27)26(12-14)17-8-6-5-7-16(17)22/h5-10,14H,3-4,11-13H2,1-2H3,(H,23,28)(H,24,29). The highest BCUT2D eigenvalue weighted by Gasteiger charge is 2.36. The molecule has 3 amide bonds. The molecule has 2 N–H and O–H groups in total. The molecule has 0 saturated carbocycles. The number of amides is 3. The van der Waals surface area contributed by atoms with E-state index in [1.807, 2.05) is 24.3 Å². The third-order valence-electron chi connectivity index (χ3n) is 5.10. The van der Waals surface area contributed by atoms with Gasteiger partial charge in [0, 0.05) is 17.4 Å². The second-order valence-corrected chi connectivity index (χ2v) is 7.88. The Kier molecular flexibility index (Phi) is 7.28. The van der Waals surface area contributed by atoms with Crippen LogP contribution < -0.4 is 15.8 Å². The Bertz CT molecular complexity index is 925. The number of nitrogens with one attached hydrogen (secondary N) is 2. The zero-order valence-corrected chi connectivity index (χ0v) is 18.6. The average Bonchev–Trinajstić information content (AvgIpc) is 3.37. The van der Waals surface area contributed by atoms with E-state index < -0.39 is 17.7 Å². The van der Waals surface area contributed by atoms with Crippen molar-refractivity contribution >= 4 is 39.3 Å². The van der Waals surface area contributed by atoms with E-state index >= 15 is 0 Å². The van der Waals surface area contributed by atoms with Crippen LogP contribution in [0.25, 0.3) is 0 Å². The second kappa shape index (κ2) is 9.90. The smallest absolute Gasteiger partial charge is 0.305 e. The fraction of sp³-hybridized carbons (Fsp3) is 0.381. The van der Waals surface area contributed by atoms with Crippen molar-refractivity contribution in [2.24, 2.45) is 5.92 Å². The van der Waals surface area contributed by atoms with Crippen molar-refractivity contribution in [1.82, 2.24) is 15.8 Å². The zero-order chi connectivity index (χ0) is 21.7. The Hall–Kier alpha value is -2.65. The van der Waals surface area contributed by atoms with Gasteiger partial charge in [0.2, 0.25) is 11.8 Å². The first kappa shape index (κ1) is 22.0. The molecule has 1 aromatic heterocycles. The van der Waals surface area contributed by atoms with Crippen LogP contribution in [0.2, 0.25) is 0 Å². The molecule has 1 aliphatic rings. The number of hydrogen-bond acceptors (Lipinski definition) is 5. The van der Waals surface area contributed by atoms with Crippen LogP contribution in [-0.2, 0) is 16.1 Å². The van der Waals surface area contributed by atoms with E-state index in [-0.39, 0.29) is 24.6 Å². The van der Waals surface area contributed by atoms with Crippen LogP contribution in [0, 0.1) is 5.92 Å². The SMILES string of the molecule is CCN(CC)Cc1ccc(C(=O)NNC(=O)C2CC(=O)N(c3ccccc3Br)C2)o1. The summed E-state index contributed by atoms with van der Waals surface area (Å²) in [5, 5.41) is 0. The highest BCUT2D eigenvalue weighted by Crippen LogP contribution is 2.31. The van der Waals surface area contributed by atoms with E-state index in [1.165, 1.54) is 0 Å². The molecule has 1 atom stereocenters. The minimum atomic E-state index is -0.556. The molecule has 1 aromatic carbocycles. The van der Waals surface area contributed by atoms with Crippen molar-refractivity contribution in [2.75, 3.05) is 24.5 Å². The highest BCUT2D eigenvalue weighted by molar-refractivity contribution is 9.10. The lowest BCUT2D eigenvalue weighted by atomic mass is 10.1. The van der Waals surface area contributed by atoms with Gasteiger partial charge in [0.25, 0.3) is 0 Å². The molecule has 1 fully saturated rings. The number of rotatable bonds is 7. The number of halogens is 1. The summed E-state index contributed by atoms with van der Waals surface area (Å²) in [4.78, 5) is 40.8. The monoisotopic (exact) mass is 476 g/mol. The molecule has 0 aliphatic carbocycles. The van der Waals surface area contributed by atoms with Gasteiger partial charge in [-0.3, -0.25) is 30.1 Å². The molecule has 3 rings (SSSR count). The first-order chi connectivity index (χ1) is 14.4.